The molecule has 0 aliphatic carbocycles. The number of hydrogen-bond donors (Lipinski definition) is 1. The molecular formula is C23H21N3O3S. The number of thiophene rings is 1. The molecule has 2 aliphatic heterocycles. The summed E-state index contributed by atoms with van der Waals surface area (Å²) in [6, 6.07) is 16.1. The molecule has 0 radical (unpaired) electrons. The zero-order valence-electron chi connectivity index (χ0n) is 16.3. The van der Waals surface area contributed by atoms with Crippen molar-refractivity contribution >= 4 is 31.6 Å². The zero-order chi connectivity index (χ0) is 20.2. The van der Waals surface area contributed by atoms with Crippen LogP contribution in [0.2, 0.25) is 0 Å². The number of aromatic nitrogens is 2. The Morgan fingerprint density at radius 1 is 1.03 bits per heavy atom. The van der Waals surface area contributed by atoms with Gasteiger partial charge in [0.05, 0.1) is 12.1 Å². The third kappa shape index (κ3) is 2.73. The van der Waals surface area contributed by atoms with E-state index in [1.165, 1.54) is 21.5 Å². The Balaban J connectivity index is 1.27. The highest BCUT2D eigenvalue weighted by Gasteiger charge is 2.38. The van der Waals surface area contributed by atoms with E-state index in [1.54, 1.807) is 0 Å². The van der Waals surface area contributed by atoms with Crippen LogP contribution in [0.25, 0.3) is 20.3 Å². The first-order valence-corrected chi connectivity index (χ1v) is 11.1. The molecule has 0 spiro atoms. The maximum atomic E-state index is 13.1. The smallest absolute Gasteiger partial charge is 0.328 e. The van der Waals surface area contributed by atoms with E-state index in [2.05, 4.69) is 22.0 Å². The van der Waals surface area contributed by atoms with Gasteiger partial charge in [-0.1, -0.05) is 36.4 Å². The highest BCUT2D eigenvalue weighted by atomic mass is 32.1. The number of nitrogens with one attached hydrogen (secondary N) is 1. The fraction of sp³-hybridized carbons (Fsp3) is 0.304. The van der Waals surface area contributed by atoms with Crippen LogP contribution in [0.3, 0.4) is 0 Å². The Kier molecular flexibility index (Phi) is 4.07. The average Bonchev–Trinajstić information content (AvgIpc) is 3.35. The van der Waals surface area contributed by atoms with Crippen LogP contribution in [-0.4, -0.2) is 40.7 Å². The zero-order valence-corrected chi connectivity index (χ0v) is 17.2. The lowest BCUT2D eigenvalue weighted by molar-refractivity contribution is 0.212. The summed E-state index contributed by atoms with van der Waals surface area (Å²) in [4.78, 5) is 31.0. The lowest BCUT2D eigenvalue weighted by Gasteiger charge is -2.27. The van der Waals surface area contributed by atoms with Gasteiger partial charge in [0.15, 0.2) is 0 Å². The number of hydrogen-bond acceptors (Lipinski definition) is 5. The van der Waals surface area contributed by atoms with Gasteiger partial charge in [0.25, 0.3) is 5.56 Å². The van der Waals surface area contributed by atoms with Gasteiger partial charge >= 0.3 is 5.69 Å². The predicted molar refractivity (Wildman–Crippen MR) is 119 cm³/mol. The Morgan fingerprint density at radius 3 is 2.80 bits per heavy atom. The molecule has 2 aliphatic rings. The lowest BCUT2D eigenvalue weighted by Crippen LogP contribution is -2.38. The van der Waals surface area contributed by atoms with Crippen LogP contribution in [0, 0.1) is 5.92 Å². The van der Waals surface area contributed by atoms with Gasteiger partial charge in [-0.3, -0.25) is 9.36 Å². The van der Waals surface area contributed by atoms with E-state index in [-0.39, 0.29) is 11.2 Å². The van der Waals surface area contributed by atoms with Gasteiger partial charge in [-0.2, -0.15) is 0 Å². The van der Waals surface area contributed by atoms with Crippen LogP contribution in [0.4, 0.5) is 0 Å². The molecule has 4 aromatic rings. The number of benzene rings is 2. The second-order valence-corrected chi connectivity index (χ2v) is 9.22. The number of para-hydroxylation sites is 1. The van der Waals surface area contributed by atoms with Crippen molar-refractivity contribution in [3.8, 4) is 5.75 Å². The second kappa shape index (κ2) is 6.82. The molecule has 2 atom stereocenters. The molecule has 1 saturated heterocycles. The maximum Gasteiger partial charge on any atom is 0.328 e. The summed E-state index contributed by atoms with van der Waals surface area (Å²) < 4.78 is 8.91. The summed E-state index contributed by atoms with van der Waals surface area (Å²) in [5.74, 6) is 1.90. The normalized spacial score (nSPS) is 20.9. The van der Waals surface area contributed by atoms with E-state index in [4.69, 9.17) is 4.74 Å². The molecule has 0 amide bonds. The third-order valence-corrected chi connectivity index (χ3v) is 7.60. The number of likely N-dealkylation sites (tertiary alicyclic amines) is 1. The van der Waals surface area contributed by atoms with Crippen molar-refractivity contribution in [2.75, 3.05) is 26.2 Å². The first kappa shape index (κ1) is 17.9. The third-order valence-electron chi connectivity index (χ3n) is 6.44. The summed E-state index contributed by atoms with van der Waals surface area (Å²) in [5, 5.41) is 0.932. The summed E-state index contributed by atoms with van der Waals surface area (Å²) in [7, 11) is 0. The van der Waals surface area contributed by atoms with E-state index in [9.17, 15) is 9.59 Å². The first-order chi connectivity index (χ1) is 14.7. The van der Waals surface area contributed by atoms with E-state index >= 15 is 0 Å². The molecule has 6 rings (SSSR count). The van der Waals surface area contributed by atoms with Gasteiger partial charge in [-0.05, 0) is 17.7 Å². The fourth-order valence-corrected chi connectivity index (χ4v) is 6.04. The number of ether oxygens (including phenoxy) is 1. The molecule has 30 heavy (non-hydrogen) atoms. The molecule has 4 heterocycles. The van der Waals surface area contributed by atoms with Crippen LogP contribution in [0.15, 0.2) is 58.1 Å². The molecule has 152 valence electrons. The van der Waals surface area contributed by atoms with Crippen molar-refractivity contribution in [3.05, 3.63) is 74.9 Å². The molecule has 6 nitrogen and oxygen atoms in total. The van der Waals surface area contributed by atoms with Crippen molar-refractivity contribution in [2.45, 2.75) is 12.5 Å². The van der Waals surface area contributed by atoms with Crippen molar-refractivity contribution in [3.63, 3.8) is 0 Å². The molecule has 2 aromatic heterocycles. The van der Waals surface area contributed by atoms with E-state index in [0.29, 0.717) is 35.1 Å². The fourth-order valence-electron chi connectivity index (χ4n) is 4.93. The summed E-state index contributed by atoms with van der Waals surface area (Å²) >= 11 is 1.44. The van der Waals surface area contributed by atoms with Crippen molar-refractivity contribution < 1.29 is 4.74 Å². The quantitative estimate of drug-likeness (QED) is 0.554. The topological polar surface area (TPSA) is 67.3 Å². The van der Waals surface area contributed by atoms with Gasteiger partial charge in [0, 0.05) is 48.1 Å². The number of rotatable bonds is 3. The van der Waals surface area contributed by atoms with Gasteiger partial charge < -0.3 is 14.6 Å². The minimum Gasteiger partial charge on any atom is -0.493 e. The van der Waals surface area contributed by atoms with Crippen LogP contribution in [-0.2, 0) is 6.54 Å². The van der Waals surface area contributed by atoms with Crippen LogP contribution in [0.5, 0.6) is 5.75 Å². The van der Waals surface area contributed by atoms with Gasteiger partial charge in [-0.25, -0.2) is 4.79 Å². The average molecular weight is 420 g/mol. The predicted octanol–water partition coefficient (Wildman–Crippen LogP) is 3.01. The Bertz CT molecular complexity index is 1390. The minimum atomic E-state index is -0.332. The Morgan fingerprint density at radius 2 is 1.87 bits per heavy atom. The van der Waals surface area contributed by atoms with Gasteiger partial charge in [-0.15, -0.1) is 11.3 Å². The largest absolute Gasteiger partial charge is 0.493 e. The van der Waals surface area contributed by atoms with E-state index in [0.717, 1.165) is 35.5 Å². The van der Waals surface area contributed by atoms with Gasteiger partial charge in [0.2, 0.25) is 0 Å². The first-order valence-electron chi connectivity index (χ1n) is 10.3. The highest BCUT2D eigenvalue weighted by molar-refractivity contribution is 7.25. The number of H-pyrrole nitrogens is 1. The second-order valence-electron chi connectivity index (χ2n) is 8.16. The van der Waals surface area contributed by atoms with Crippen LogP contribution < -0.4 is 16.0 Å². The van der Waals surface area contributed by atoms with Crippen molar-refractivity contribution in [1.29, 1.82) is 0 Å². The van der Waals surface area contributed by atoms with Crippen LogP contribution >= 0.6 is 11.3 Å². The molecule has 7 heteroatoms. The summed E-state index contributed by atoms with van der Waals surface area (Å²) in [6.45, 7) is 3.65. The molecule has 1 fully saturated rings. The lowest BCUT2D eigenvalue weighted by atomic mass is 9.87. The van der Waals surface area contributed by atoms with E-state index in [1.807, 2.05) is 36.4 Å². The molecule has 0 unspecified atom stereocenters. The standard InChI is InChI=1S/C23H21N3O3S/c27-22-21-20(16-6-2-4-8-19(16)30-21)24-23(28)26(22)10-9-25-11-14-13-29-18-7-3-1-5-15(18)17(14)12-25/h1-8,14,17H,9-13H2,(H,24,28)/t14-,17-/m0/s1. The number of nitrogens with zero attached hydrogens (tertiary/aromatic N) is 2. The van der Waals surface area contributed by atoms with E-state index < -0.39 is 0 Å². The molecule has 0 bridgehead atoms. The summed E-state index contributed by atoms with van der Waals surface area (Å²) in [6.07, 6.45) is 0. The maximum absolute atomic E-state index is 13.1. The minimum absolute atomic E-state index is 0.194. The van der Waals surface area contributed by atoms with Crippen molar-refractivity contribution in [2.24, 2.45) is 5.92 Å². The van der Waals surface area contributed by atoms with Gasteiger partial charge in [0.1, 0.15) is 10.4 Å². The Hall–Kier alpha value is -2.90. The number of fused-ring (bicyclic) bond motifs is 6. The molecule has 0 saturated carbocycles. The monoisotopic (exact) mass is 419 g/mol. The molecule has 2 aromatic carbocycles. The SMILES string of the molecule is O=c1[nH]c2c(sc3ccccc32)c(=O)n1CCN1C[C@H]2COc3ccccc3[C@H]2C1. The highest BCUT2D eigenvalue weighted by Crippen LogP contribution is 2.41. The molecule has 1 N–H and O–H groups in total. The number of aromatic amines is 1. The van der Waals surface area contributed by atoms with Crippen LogP contribution in [0.1, 0.15) is 11.5 Å². The molecular weight excluding hydrogens is 398 g/mol. The van der Waals surface area contributed by atoms with Crippen molar-refractivity contribution in [1.82, 2.24) is 14.5 Å². The summed E-state index contributed by atoms with van der Waals surface area (Å²) in [5.41, 5.74) is 1.40. The Labute approximate surface area is 176 Å².